The number of hydrogen-bond donors (Lipinski definition) is 0. The maximum atomic E-state index is 13.1. The van der Waals surface area contributed by atoms with E-state index >= 15 is 0 Å². The molecule has 2 aliphatic rings. The summed E-state index contributed by atoms with van der Waals surface area (Å²) in [6.07, 6.45) is 2.01. The van der Waals surface area contributed by atoms with Crippen molar-refractivity contribution in [3.05, 3.63) is 54.1 Å². The SMILES string of the molecule is CC(C)(C)OC(=O)ON1CCN(C(=O)C2CCN(CCc3ccc(Oc4nc5ccccc5s4)cc3)CC2)CC1. The van der Waals surface area contributed by atoms with Crippen LogP contribution in [0, 0.1) is 5.92 Å². The maximum absolute atomic E-state index is 13.1. The molecule has 2 aromatic carbocycles. The van der Waals surface area contributed by atoms with Crippen LogP contribution < -0.4 is 4.74 Å². The van der Waals surface area contributed by atoms with Crippen molar-refractivity contribution < 1.29 is 23.9 Å². The second-order valence-electron chi connectivity index (χ2n) is 11.4. The summed E-state index contributed by atoms with van der Waals surface area (Å²) in [5.41, 5.74) is 1.63. The number of carbonyl (C=O) groups is 2. The van der Waals surface area contributed by atoms with Crippen LogP contribution in [-0.2, 0) is 20.8 Å². The first-order valence-electron chi connectivity index (χ1n) is 14.0. The fourth-order valence-corrected chi connectivity index (χ4v) is 5.88. The second-order valence-corrected chi connectivity index (χ2v) is 12.4. The predicted molar refractivity (Wildman–Crippen MR) is 154 cm³/mol. The summed E-state index contributed by atoms with van der Waals surface area (Å²) in [5.74, 6) is 1.08. The molecule has 0 N–H and O–H groups in total. The maximum Gasteiger partial charge on any atom is 0.528 e. The van der Waals surface area contributed by atoms with Gasteiger partial charge in [-0.3, -0.25) is 4.79 Å². The highest BCUT2D eigenvalue weighted by molar-refractivity contribution is 7.20. The molecular weight excluding hydrogens is 528 g/mol. The van der Waals surface area contributed by atoms with E-state index in [1.54, 1.807) is 37.2 Å². The molecule has 1 aromatic heterocycles. The van der Waals surface area contributed by atoms with Gasteiger partial charge in [-0.15, -0.1) is 5.06 Å². The lowest BCUT2D eigenvalue weighted by atomic mass is 9.94. The fourth-order valence-electron chi connectivity index (χ4n) is 5.04. The summed E-state index contributed by atoms with van der Waals surface area (Å²) in [4.78, 5) is 39.2. The first kappa shape index (κ1) is 28.3. The van der Waals surface area contributed by atoms with Gasteiger partial charge < -0.3 is 24.1 Å². The lowest BCUT2D eigenvalue weighted by Crippen LogP contribution is -2.52. The predicted octanol–water partition coefficient (Wildman–Crippen LogP) is 5.35. The number of likely N-dealkylation sites (tertiary alicyclic amines) is 1. The van der Waals surface area contributed by atoms with Gasteiger partial charge in [-0.05, 0) is 83.0 Å². The lowest BCUT2D eigenvalue weighted by molar-refractivity contribution is -0.166. The monoisotopic (exact) mass is 566 g/mol. The Morgan fingerprint density at radius 1 is 0.950 bits per heavy atom. The zero-order valence-electron chi connectivity index (χ0n) is 23.5. The van der Waals surface area contributed by atoms with Gasteiger partial charge >= 0.3 is 6.16 Å². The normalized spacial score (nSPS) is 17.6. The Kier molecular flexibility index (Phi) is 8.87. The number of rotatable bonds is 7. The van der Waals surface area contributed by atoms with Gasteiger partial charge in [-0.1, -0.05) is 35.6 Å². The first-order valence-corrected chi connectivity index (χ1v) is 14.8. The molecule has 0 bridgehead atoms. The van der Waals surface area contributed by atoms with Crippen molar-refractivity contribution in [2.75, 3.05) is 45.8 Å². The average molecular weight is 567 g/mol. The fraction of sp³-hybridized carbons (Fsp3) is 0.500. The van der Waals surface area contributed by atoms with E-state index < -0.39 is 11.8 Å². The van der Waals surface area contributed by atoms with E-state index in [-0.39, 0.29) is 11.8 Å². The van der Waals surface area contributed by atoms with E-state index in [0.717, 1.165) is 54.9 Å². The molecule has 2 fully saturated rings. The Morgan fingerprint density at radius 2 is 1.65 bits per heavy atom. The zero-order chi connectivity index (χ0) is 28.1. The highest BCUT2D eigenvalue weighted by Gasteiger charge is 2.31. The van der Waals surface area contributed by atoms with Crippen LogP contribution in [0.15, 0.2) is 48.5 Å². The topological polar surface area (TPSA) is 84.4 Å². The molecule has 5 rings (SSSR count). The van der Waals surface area contributed by atoms with Crippen LogP contribution >= 0.6 is 11.3 Å². The third kappa shape index (κ3) is 7.71. The molecule has 3 aromatic rings. The molecule has 3 heterocycles. The number of amides is 1. The third-order valence-corrected chi connectivity index (χ3v) is 8.11. The molecule has 10 heteroatoms. The standard InChI is InChI=1S/C30H38N4O5S/c1-30(2,3)38-29(36)39-34-20-18-33(19-21-34)27(35)23-13-16-32(17-14-23)15-12-22-8-10-24(11-9-22)37-28-31-25-6-4-5-7-26(25)40-28/h4-11,23H,12-21H2,1-3H3. The van der Waals surface area contributed by atoms with Gasteiger partial charge in [0, 0.05) is 25.6 Å². The van der Waals surface area contributed by atoms with Gasteiger partial charge in [-0.2, -0.15) is 0 Å². The summed E-state index contributed by atoms with van der Waals surface area (Å²) < 4.78 is 12.3. The summed E-state index contributed by atoms with van der Waals surface area (Å²) >= 11 is 1.55. The highest BCUT2D eigenvalue weighted by atomic mass is 32.1. The van der Waals surface area contributed by atoms with Crippen molar-refractivity contribution in [2.45, 2.75) is 45.6 Å². The molecule has 0 aliphatic carbocycles. The number of hydroxylamine groups is 2. The molecule has 0 saturated carbocycles. The van der Waals surface area contributed by atoms with E-state index in [9.17, 15) is 9.59 Å². The van der Waals surface area contributed by atoms with Gasteiger partial charge in [0.15, 0.2) is 0 Å². The minimum Gasteiger partial charge on any atom is -0.431 e. The average Bonchev–Trinajstić information content (AvgIpc) is 3.34. The number of carbonyl (C=O) groups excluding carboxylic acids is 2. The molecule has 0 atom stereocenters. The Hall–Kier alpha value is -3.21. The van der Waals surface area contributed by atoms with Crippen LogP contribution in [0.1, 0.15) is 39.2 Å². The quantitative estimate of drug-likeness (QED) is 0.354. The number of para-hydroxylation sites is 1. The van der Waals surface area contributed by atoms with Crippen LogP contribution in [-0.4, -0.2) is 83.3 Å². The van der Waals surface area contributed by atoms with Crippen molar-refractivity contribution in [3.63, 3.8) is 0 Å². The number of fused-ring (bicyclic) bond motifs is 1. The summed E-state index contributed by atoms with van der Waals surface area (Å²) in [6, 6.07) is 16.3. The number of benzene rings is 2. The number of ether oxygens (including phenoxy) is 2. The van der Waals surface area contributed by atoms with Crippen LogP contribution in [0.3, 0.4) is 0 Å². The number of thiazole rings is 1. The molecule has 0 radical (unpaired) electrons. The van der Waals surface area contributed by atoms with Gasteiger partial charge in [-0.25, -0.2) is 9.78 Å². The Labute approximate surface area is 239 Å². The number of nitrogens with zero attached hydrogens (tertiary/aromatic N) is 4. The molecule has 1 amide bonds. The van der Waals surface area contributed by atoms with Crippen molar-refractivity contribution in [1.82, 2.24) is 19.8 Å². The minimum absolute atomic E-state index is 0.0634. The third-order valence-electron chi connectivity index (χ3n) is 7.20. The molecule has 214 valence electrons. The van der Waals surface area contributed by atoms with Crippen LogP contribution in [0.5, 0.6) is 10.9 Å². The number of piperidine rings is 1. The molecular formula is C30H38N4O5S. The van der Waals surface area contributed by atoms with E-state index in [1.165, 1.54) is 5.56 Å². The van der Waals surface area contributed by atoms with Crippen molar-refractivity contribution in [1.29, 1.82) is 0 Å². The van der Waals surface area contributed by atoms with Crippen LogP contribution in [0.25, 0.3) is 10.2 Å². The molecule has 2 saturated heterocycles. The Bertz CT molecular complexity index is 1260. The molecule has 40 heavy (non-hydrogen) atoms. The summed E-state index contributed by atoms with van der Waals surface area (Å²) in [5, 5.41) is 2.24. The molecule has 0 spiro atoms. The Morgan fingerprint density at radius 3 is 2.33 bits per heavy atom. The summed E-state index contributed by atoms with van der Waals surface area (Å²) in [6.45, 7) is 10.3. The van der Waals surface area contributed by atoms with Crippen molar-refractivity contribution in [2.24, 2.45) is 5.92 Å². The number of piperazine rings is 1. The van der Waals surface area contributed by atoms with E-state index in [2.05, 4.69) is 22.0 Å². The highest BCUT2D eigenvalue weighted by Crippen LogP contribution is 2.31. The Balaban J connectivity index is 1.00. The van der Waals surface area contributed by atoms with E-state index in [0.29, 0.717) is 31.4 Å². The van der Waals surface area contributed by atoms with Gasteiger partial charge in [0.05, 0.1) is 23.3 Å². The second kappa shape index (κ2) is 12.5. The number of aromatic nitrogens is 1. The minimum atomic E-state index is -0.701. The molecule has 2 aliphatic heterocycles. The van der Waals surface area contributed by atoms with E-state index in [1.807, 2.05) is 41.3 Å². The van der Waals surface area contributed by atoms with Crippen LogP contribution in [0.4, 0.5) is 4.79 Å². The van der Waals surface area contributed by atoms with Crippen molar-refractivity contribution >= 4 is 33.6 Å². The van der Waals surface area contributed by atoms with Gasteiger partial charge in [0.25, 0.3) is 5.19 Å². The largest absolute Gasteiger partial charge is 0.528 e. The van der Waals surface area contributed by atoms with Crippen LogP contribution in [0.2, 0.25) is 0 Å². The molecule has 0 unspecified atom stereocenters. The number of hydrogen-bond acceptors (Lipinski definition) is 9. The summed E-state index contributed by atoms with van der Waals surface area (Å²) in [7, 11) is 0. The first-order chi connectivity index (χ1) is 19.2. The van der Waals surface area contributed by atoms with Crippen molar-refractivity contribution in [3.8, 4) is 10.9 Å². The van der Waals surface area contributed by atoms with Gasteiger partial charge in [0.1, 0.15) is 11.4 Å². The smallest absolute Gasteiger partial charge is 0.431 e. The van der Waals surface area contributed by atoms with Gasteiger partial charge in [0.2, 0.25) is 5.91 Å². The zero-order valence-corrected chi connectivity index (χ0v) is 24.3. The lowest BCUT2D eigenvalue weighted by Gasteiger charge is -2.37. The molecule has 9 nitrogen and oxygen atoms in total. The van der Waals surface area contributed by atoms with E-state index in [4.69, 9.17) is 14.3 Å².